The molecule has 1 saturated heterocycles. The molecule has 1 saturated carbocycles. The third kappa shape index (κ3) is 1.98. The van der Waals surface area contributed by atoms with Crippen LogP contribution < -0.4 is 0 Å². The zero-order valence-electron chi connectivity index (χ0n) is 7.85. The van der Waals surface area contributed by atoms with E-state index in [-0.39, 0.29) is 0 Å². The summed E-state index contributed by atoms with van der Waals surface area (Å²) >= 11 is 0. The van der Waals surface area contributed by atoms with Gasteiger partial charge in [-0.25, -0.2) is 4.39 Å². The van der Waals surface area contributed by atoms with E-state index in [1.54, 1.807) is 0 Å². The Morgan fingerprint density at radius 3 is 2.42 bits per heavy atom. The maximum Gasteiger partial charge on any atom is 0.123 e. The summed E-state index contributed by atoms with van der Waals surface area (Å²) in [5.41, 5.74) is -0.777. The molecule has 0 amide bonds. The number of alkyl halides is 1. The minimum absolute atomic E-state index is 0.708. The number of nitrogens with zero attached hydrogens (tertiary/aromatic N) is 1. The normalized spacial score (nSPS) is 30.5. The van der Waals surface area contributed by atoms with Crippen LogP contribution >= 0.6 is 0 Å². The van der Waals surface area contributed by atoms with E-state index in [4.69, 9.17) is 0 Å². The predicted octanol–water partition coefficient (Wildman–Crippen LogP) is 2.22. The summed E-state index contributed by atoms with van der Waals surface area (Å²) in [5.74, 6) is 0.857. The van der Waals surface area contributed by atoms with Gasteiger partial charge in [0.2, 0.25) is 0 Å². The molecule has 0 aromatic carbocycles. The van der Waals surface area contributed by atoms with Gasteiger partial charge < -0.3 is 4.90 Å². The van der Waals surface area contributed by atoms with Gasteiger partial charge in [0.15, 0.2) is 0 Å². The first-order chi connectivity index (χ1) is 5.68. The lowest BCUT2D eigenvalue weighted by Crippen LogP contribution is -2.37. The van der Waals surface area contributed by atoms with Gasteiger partial charge in [0, 0.05) is 6.54 Å². The average molecular weight is 171 g/mol. The predicted molar refractivity (Wildman–Crippen MR) is 47.9 cm³/mol. The minimum atomic E-state index is -0.777. The number of rotatable bonds is 2. The first-order valence-electron chi connectivity index (χ1n) is 5.09. The van der Waals surface area contributed by atoms with Gasteiger partial charge in [0.25, 0.3) is 0 Å². The van der Waals surface area contributed by atoms with Crippen molar-refractivity contribution < 1.29 is 4.39 Å². The zero-order valence-corrected chi connectivity index (χ0v) is 7.85. The average Bonchev–Trinajstić information content (AvgIpc) is 2.74. The van der Waals surface area contributed by atoms with Gasteiger partial charge in [-0.15, -0.1) is 0 Å². The first-order valence-corrected chi connectivity index (χ1v) is 5.09. The van der Waals surface area contributed by atoms with E-state index in [2.05, 4.69) is 11.8 Å². The number of halogens is 1. The summed E-state index contributed by atoms with van der Waals surface area (Å²) in [6.45, 7) is 5.24. The Kier molecular flexibility index (Phi) is 2.11. The summed E-state index contributed by atoms with van der Waals surface area (Å²) in [4.78, 5) is 2.30. The van der Waals surface area contributed by atoms with Crippen molar-refractivity contribution >= 4 is 0 Å². The SMILES string of the molecule is CC1CCN(CC2(F)CC2)CC1. The second-order valence-electron chi connectivity index (χ2n) is 4.61. The molecule has 70 valence electrons. The zero-order chi connectivity index (χ0) is 8.60. The summed E-state index contributed by atoms with van der Waals surface area (Å²) < 4.78 is 13.3. The molecule has 2 rings (SSSR count). The van der Waals surface area contributed by atoms with Crippen molar-refractivity contribution in [1.29, 1.82) is 0 Å². The Labute approximate surface area is 73.9 Å². The highest BCUT2D eigenvalue weighted by Gasteiger charge is 2.44. The molecular formula is C10H18FN. The van der Waals surface area contributed by atoms with Crippen molar-refractivity contribution in [3.63, 3.8) is 0 Å². The monoisotopic (exact) mass is 171 g/mol. The Morgan fingerprint density at radius 1 is 1.33 bits per heavy atom. The van der Waals surface area contributed by atoms with Gasteiger partial charge in [0.1, 0.15) is 5.67 Å². The van der Waals surface area contributed by atoms with E-state index < -0.39 is 5.67 Å². The van der Waals surface area contributed by atoms with Crippen LogP contribution in [0.2, 0.25) is 0 Å². The van der Waals surface area contributed by atoms with E-state index in [9.17, 15) is 4.39 Å². The van der Waals surface area contributed by atoms with Gasteiger partial charge in [-0.3, -0.25) is 0 Å². The van der Waals surface area contributed by atoms with E-state index in [0.717, 1.165) is 31.8 Å². The molecule has 1 aliphatic carbocycles. The van der Waals surface area contributed by atoms with Crippen molar-refractivity contribution in [2.24, 2.45) is 5.92 Å². The molecule has 2 heteroatoms. The van der Waals surface area contributed by atoms with Crippen LogP contribution in [0.15, 0.2) is 0 Å². The molecule has 2 aliphatic rings. The molecule has 12 heavy (non-hydrogen) atoms. The number of hydrogen-bond acceptors (Lipinski definition) is 1. The smallest absolute Gasteiger partial charge is 0.123 e. The Balaban J connectivity index is 1.75. The summed E-state index contributed by atoms with van der Waals surface area (Å²) in [5, 5.41) is 0. The minimum Gasteiger partial charge on any atom is -0.300 e. The fourth-order valence-electron chi connectivity index (χ4n) is 1.91. The lowest BCUT2D eigenvalue weighted by molar-refractivity contribution is 0.135. The van der Waals surface area contributed by atoms with Gasteiger partial charge in [-0.05, 0) is 44.7 Å². The highest BCUT2D eigenvalue weighted by Crippen LogP contribution is 2.40. The quantitative estimate of drug-likeness (QED) is 0.615. The van der Waals surface area contributed by atoms with Crippen molar-refractivity contribution in [3.05, 3.63) is 0 Å². The lowest BCUT2D eigenvalue weighted by Gasteiger charge is -2.31. The molecule has 2 fully saturated rings. The van der Waals surface area contributed by atoms with Crippen molar-refractivity contribution in [3.8, 4) is 0 Å². The molecular weight excluding hydrogens is 153 g/mol. The van der Waals surface area contributed by atoms with Crippen LogP contribution in [0.4, 0.5) is 4.39 Å². The molecule has 1 nitrogen and oxygen atoms in total. The Morgan fingerprint density at radius 2 is 1.92 bits per heavy atom. The van der Waals surface area contributed by atoms with Crippen molar-refractivity contribution in [2.75, 3.05) is 19.6 Å². The highest BCUT2D eigenvalue weighted by molar-refractivity contribution is 4.97. The summed E-state index contributed by atoms with van der Waals surface area (Å²) in [7, 11) is 0. The third-order valence-electron chi connectivity index (χ3n) is 3.18. The number of likely N-dealkylation sites (tertiary alicyclic amines) is 1. The van der Waals surface area contributed by atoms with Crippen LogP contribution in [0, 0.1) is 5.92 Å². The largest absolute Gasteiger partial charge is 0.300 e. The molecule has 0 unspecified atom stereocenters. The molecule has 0 atom stereocenters. The molecule has 0 N–H and O–H groups in total. The first kappa shape index (κ1) is 8.49. The molecule has 0 aromatic rings. The lowest BCUT2D eigenvalue weighted by atomic mass is 9.99. The maximum atomic E-state index is 13.3. The van der Waals surface area contributed by atoms with E-state index in [1.807, 2.05) is 0 Å². The van der Waals surface area contributed by atoms with Crippen LogP contribution in [0.5, 0.6) is 0 Å². The Hall–Kier alpha value is -0.110. The maximum absolute atomic E-state index is 13.3. The van der Waals surface area contributed by atoms with E-state index >= 15 is 0 Å². The molecule has 0 spiro atoms. The fraction of sp³-hybridized carbons (Fsp3) is 1.00. The van der Waals surface area contributed by atoms with E-state index in [1.165, 1.54) is 12.8 Å². The van der Waals surface area contributed by atoms with Crippen molar-refractivity contribution in [2.45, 2.75) is 38.3 Å². The standard InChI is InChI=1S/C10H18FN/c1-9-2-6-12(7-3-9)8-10(11)4-5-10/h9H,2-8H2,1H3. The molecule has 0 bridgehead atoms. The topological polar surface area (TPSA) is 3.24 Å². The third-order valence-corrected chi connectivity index (χ3v) is 3.18. The van der Waals surface area contributed by atoms with Gasteiger partial charge >= 0.3 is 0 Å². The fourth-order valence-corrected chi connectivity index (χ4v) is 1.91. The molecule has 1 heterocycles. The second kappa shape index (κ2) is 2.99. The number of piperidine rings is 1. The van der Waals surface area contributed by atoms with Crippen LogP contribution in [0.25, 0.3) is 0 Å². The van der Waals surface area contributed by atoms with Crippen LogP contribution in [-0.4, -0.2) is 30.2 Å². The van der Waals surface area contributed by atoms with Crippen LogP contribution in [0.3, 0.4) is 0 Å². The van der Waals surface area contributed by atoms with Crippen LogP contribution in [-0.2, 0) is 0 Å². The molecule has 0 radical (unpaired) electrons. The summed E-state index contributed by atoms with van der Waals surface area (Å²) in [6.07, 6.45) is 4.13. The van der Waals surface area contributed by atoms with Gasteiger partial charge in [-0.1, -0.05) is 6.92 Å². The Bertz CT molecular complexity index is 157. The van der Waals surface area contributed by atoms with Crippen LogP contribution in [0.1, 0.15) is 32.6 Å². The number of hydrogen-bond donors (Lipinski definition) is 0. The second-order valence-corrected chi connectivity index (χ2v) is 4.61. The summed E-state index contributed by atoms with van der Waals surface area (Å²) in [6, 6.07) is 0. The molecule has 0 aromatic heterocycles. The van der Waals surface area contributed by atoms with Gasteiger partial charge in [0.05, 0.1) is 0 Å². The highest BCUT2D eigenvalue weighted by atomic mass is 19.1. The molecule has 1 aliphatic heterocycles. The van der Waals surface area contributed by atoms with Crippen molar-refractivity contribution in [1.82, 2.24) is 4.90 Å². The van der Waals surface area contributed by atoms with E-state index in [0.29, 0.717) is 6.54 Å². The van der Waals surface area contributed by atoms with Gasteiger partial charge in [-0.2, -0.15) is 0 Å².